The predicted molar refractivity (Wildman–Crippen MR) is 97.2 cm³/mol. The summed E-state index contributed by atoms with van der Waals surface area (Å²) in [4.78, 5) is 20.5. The maximum atomic E-state index is 12.1. The molecule has 3 heterocycles. The van der Waals surface area contributed by atoms with Crippen molar-refractivity contribution in [2.24, 2.45) is 0 Å². The Bertz CT molecular complexity index is 851. The fraction of sp³-hybridized carbons (Fsp3) is 0.412. The molecule has 9 heteroatoms. The minimum absolute atomic E-state index is 0.134. The lowest BCUT2D eigenvalue weighted by Crippen LogP contribution is -2.49. The first kappa shape index (κ1) is 18.2. The molecule has 1 amide bonds. The molecule has 8 nitrogen and oxygen atoms in total. The van der Waals surface area contributed by atoms with Crippen LogP contribution in [0.25, 0.3) is 0 Å². The van der Waals surface area contributed by atoms with Gasteiger partial charge in [0.1, 0.15) is 17.6 Å². The second-order valence-electron chi connectivity index (χ2n) is 6.18. The summed E-state index contributed by atoms with van der Waals surface area (Å²) in [7, 11) is 0. The van der Waals surface area contributed by atoms with E-state index in [1.165, 1.54) is 0 Å². The Balaban J connectivity index is 1.57. The molecule has 1 aliphatic rings. The highest BCUT2D eigenvalue weighted by Crippen LogP contribution is 2.26. The second kappa shape index (κ2) is 7.72. The van der Waals surface area contributed by atoms with E-state index in [2.05, 4.69) is 26.4 Å². The number of hydrogen-bond acceptors (Lipinski definition) is 7. The van der Waals surface area contributed by atoms with Gasteiger partial charge in [-0.15, -0.1) is 0 Å². The third-order valence-corrected chi connectivity index (χ3v) is 4.68. The maximum absolute atomic E-state index is 12.1. The molecule has 0 aromatic carbocycles. The molecule has 0 unspecified atom stereocenters. The molecular formula is C17H19ClN6O2. The number of nitrogens with one attached hydrogen (secondary N) is 1. The summed E-state index contributed by atoms with van der Waals surface area (Å²) in [5.41, 5.74) is 1.24. The first-order chi connectivity index (χ1) is 12.5. The quantitative estimate of drug-likeness (QED) is 0.873. The van der Waals surface area contributed by atoms with Crippen molar-refractivity contribution in [2.45, 2.75) is 13.8 Å². The number of nitrogens with zero attached hydrogens (tertiary/aromatic N) is 5. The van der Waals surface area contributed by atoms with Crippen LogP contribution < -0.4 is 10.2 Å². The van der Waals surface area contributed by atoms with E-state index in [4.69, 9.17) is 16.1 Å². The standard InChI is InChI=1S/C17H19ClN6O2/c1-11-7-15(22-26-11)21-16(25)10-23-3-5-24(6-4-23)17-13(8-19)12(2)14(18)9-20-17/h7,9H,3-6,10H2,1-2H3,(H,21,22,25). The van der Waals surface area contributed by atoms with Gasteiger partial charge in [-0.1, -0.05) is 16.8 Å². The number of piperazine rings is 1. The van der Waals surface area contributed by atoms with E-state index in [1.807, 2.05) is 11.8 Å². The summed E-state index contributed by atoms with van der Waals surface area (Å²) >= 11 is 6.06. The number of hydrogen-bond donors (Lipinski definition) is 1. The molecule has 2 aromatic rings. The van der Waals surface area contributed by atoms with Gasteiger partial charge in [-0.3, -0.25) is 9.69 Å². The lowest BCUT2D eigenvalue weighted by molar-refractivity contribution is -0.117. The van der Waals surface area contributed by atoms with Gasteiger partial charge in [0.05, 0.1) is 17.1 Å². The highest BCUT2D eigenvalue weighted by Gasteiger charge is 2.23. The van der Waals surface area contributed by atoms with Crippen molar-refractivity contribution in [1.29, 1.82) is 5.26 Å². The molecule has 0 saturated carbocycles. The van der Waals surface area contributed by atoms with Gasteiger partial charge in [-0.25, -0.2) is 4.98 Å². The van der Waals surface area contributed by atoms with Crippen molar-refractivity contribution in [3.63, 3.8) is 0 Å². The molecule has 0 spiro atoms. The number of amides is 1. The van der Waals surface area contributed by atoms with E-state index < -0.39 is 0 Å². The van der Waals surface area contributed by atoms with Crippen molar-refractivity contribution in [3.05, 3.63) is 34.2 Å². The van der Waals surface area contributed by atoms with Crippen molar-refractivity contribution in [3.8, 4) is 6.07 Å². The number of rotatable bonds is 4. The fourth-order valence-electron chi connectivity index (χ4n) is 2.87. The number of pyridine rings is 1. The molecule has 0 radical (unpaired) electrons. The Kier molecular flexibility index (Phi) is 5.40. The zero-order valence-electron chi connectivity index (χ0n) is 14.6. The maximum Gasteiger partial charge on any atom is 0.239 e. The van der Waals surface area contributed by atoms with E-state index >= 15 is 0 Å². The Labute approximate surface area is 156 Å². The molecule has 1 saturated heterocycles. The van der Waals surface area contributed by atoms with Crippen molar-refractivity contribution < 1.29 is 9.32 Å². The van der Waals surface area contributed by atoms with E-state index in [0.29, 0.717) is 54.2 Å². The van der Waals surface area contributed by atoms with Gasteiger partial charge in [-0.05, 0) is 19.4 Å². The van der Waals surface area contributed by atoms with Crippen LogP contribution in [0.1, 0.15) is 16.9 Å². The molecule has 0 atom stereocenters. The fourth-order valence-corrected chi connectivity index (χ4v) is 3.01. The summed E-state index contributed by atoms with van der Waals surface area (Å²) in [5, 5.41) is 16.4. The van der Waals surface area contributed by atoms with E-state index in [-0.39, 0.29) is 12.5 Å². The van der Waals surface area contributed by atoms with Crippen molar-refractivity contribution >= 4 is 29.1 Å². The molecule has 1 fully saturated rings. The van der Waals surface area contributed by atoms with Gasteiger partial charge in [-0.2, -0.15) is 5.26 Å². The Morgan fingerprint density at radius 3 is 2.73 bits per heavy atom. The highest BCUT2D eigenvalue weighted by molar-refractivity contribution is 6.31. The van der Waals surface area contributed by atoms with E-state index in [9.17, 15) is 10.1 Å². The van der Waals surface area contributed by atoms with Crippen LogP contribution in [-0.2, 0) is 4.79 Å². The van der Waals surface area contributed by atoms with Gasteiger partial charge in [0.15, 0.2) is 5.82 Å². The number of aromatic nitrogens is 2. The Morgan fingerprint density at radius 1 is 1.38 bits per heavy atom. The molecule has 26 heavy (non-hydrogen) atoms. The normalized spacial score (nSPS) is 14.9. The molecule has 2 aromatic heterocycles. The molecule has 0 aliphatic carbocycles. The summed E-state index contributed by atoms with van der Waals surface area (Å²) in [5.74, 6) is 1.58. The molecule has 0 bridgehead atoms. The van der Waals surface area contributed by atoms with Gasteiger partial charge in [0.25, 0.3) is 0 Å². The monoisotopic (exact) mass is 374 g/mol. The smallest absolute Gasteiger partial charge is 0.239 e. The average Bonchev–Trinajstić information content (AvgIpc) is 3.02. The van der Waals surface area contributed by atoms with Crippen LogP contribution in [0.2, 0.25) is 5.02 Å². The van der Waals surface area contributed by atoms with Crippen LogP contribution in [0.5, 0.6) is 0 Å². The average molecular weight is 375 g/mol. The van der Waals surface area contributed by atoms with Crippen LogP contribution in [0.15, 0.2) is 16.8 Å². The highest BCUT2D eigenvalue weighted by atomic mass is 35.5. The zero-order valence-corrected chi connectivity index (χ0v) is 15.4. The molecule has 1 aliphatic heterocycles. The summed E-state index contributed by atoms with van der Waals surface area (Å²) in [6.45, 7) is 6.61. The molecule has 3 rings (SSSR count). The van der Waals surface area contributed by atoms with Crippen molar-refractivity contribution in [1.82, 2.24) is 15.0 Å². The van der Waals surface area contributed by atoms with Crippen LogP contribution >= 0.6 is 11.6 Å². The molecular weight excluding hydrogens is 356 g/mol. The number of carbonyl (C=O) groups is 1. The number of anilines is 2. The van der Waals surface area contributed by atoms with E-state index in [0.717, 1.165) is 5.56 Å². The summed E-state index contributed by atoms with van der Waals surface area (Å²) < 4.78 is 4.93. The first-order valence-electron chi connectivity index (χ1n) is 8.23. The van der Waals surface area contributed by atoms with Crippen LogP contribution in [0, 0.1) is 25.2 Å². The van der Waals surface area contributed by atoms with Gasteiger partial charge in [0.2, 0.25) is 5.91 Å². The van der Waals surface area contributed by atoms with E-state index in [1.54, 1.807) is 19.2 Å². The van der Waals surface area contributed by atoms with Crippen LogP contribution in [-0.4, -0.2) is 53.7 Å². The lowest BCUT2D eigenvalue weighted by Gasteiger charge is -2.35. The summed E-state index contributed by atoms with van der Waals surface area (Å²) in [6, 6.07) is 3.87. The summed E-state index contributed by atoms with van der Waals surface area (Å²) in [6.07, 6.45) is 1.58. The second-order valence-corrected chi connectivity index (χ2v) is 6.58. The predicted octanol–water partition coefficient (Wildman–Crippen LogP) is 1.97. The number of nitriles is 1. The Hall–Kier alpha value is -2.63. The minimum Gasteiger partial charge on any atom is -0.360 e. The SMILES string of the molecule is Cc1cc(NC(=O)CN2CCN(c3ncc(Cl)c(C)c3C#N)CC2)no1. The largest absolute Gasteiger partial charge is 0.360 e. The van der Waals surface area contributed by atoms with Crippen LogP contribution in [0.4, 0.5) is 11.6 Å². The number of halogens is 1. The van der Waals surface area contributed by atoms with Gasteiger partial charge >= 0.3 is 0 Å². The van der Waals surface area contributed by atoms with Gasteiger partial charge < -0.3 is 14.7 Å². The van der Waals surface area contributed by atoms with Crippen molar-refractivity contribution in [2.75, 3.05) is 42.9 Å². The first-order valence-corrected chi connectivity index (χ1v) is 8.61. The van der Waals surface area contributed by atoms with Crippen LogP contribution in [0.3, 0.4) is 0 Å². The Morgan fingerprint density at radius 2 is 2.12 bits per heavy atom. The topological polar surface area (TPSA) is 98.3 Å². The minimum atomic E-state index is -0.134. The zero-order chi connectivity index (χ0) is 18.7. The third kappa shape index (κ3) is 3.95. The number of carbonyl (C=O) groups excluding carboxylic acids is 1. The third-order valence-electron chi connectivity index (χ3n) is 4.30. The molecule has 1 N–H and O–H groups in total. The number of aryl methyl sites for hydroxylation is 1. The van der Waals surface area contributed by atoms with Gasteiger partial charge in [0, 0.05) is 38.4 Å². The lowest BCUT2D eigenvalue weighted by atomic mass is 10.1. The molecule has 136 valence electrons.